The molecular formula is C27H24FN3O5S. The Kier molecular flexibility index (Phi) is 7.00. The van der Waals surface area contributed by atoms with Crippen molar-refractivity contribution in [3.05, 3.63) is 94.4 Å². The average molecular weight is 522 g/mol. The van der Waals surface area contributed by atoms with Crippen molar-refractivity contribution in [3.63, 3.8) is 0 Å². The standard InChI is InChI=1S/C27H24FN3O5S/c1-3-10-34-26(33)24-16(2)30-27-31(25(24)18-5-7-19(28)8-6-18)20(14-37-27)12-23(32)29-13-17-4-9-21-22(11-17)36-15-35-21/h3-9,11,14,25H,1,10,12-13,15H2,2H3,(H,29,32)/t25-/m0/s1. The van der Waals surface area contributed by atoms with Crippen LogP contribution in [-0.2, 0) is 20.9 Å². The lowest BCUT2D eigenvalue weighted by molar-refractivity contribution is -0.138. The topological polar surface area (TPSA) is 89.5 Å². The number of rotatable bonds is 8. The highest BCUT2D eigenvalue weighted by Gasteiger charge is 2.41. The van der Waals surface area contributed by atoms with Crippen LogP contribution >= 0.6 is 11.8 Å². The lowest BCUT2D eigenvalue weighted by Crippen LogP contribution is -2.38. The molecule has 0 saturated heterocycles. The van der Waals surface area contributed by atoms with E-state index in [1.54, 1.807) is 19.1 Å². The highest BCUT2D eigenvalue weighted by atomic mass is 32.2. The first-order valence-electron chi connectivity index (χ1n) is 11.6. The molecule has 0 radical (unpaired) electrons. The van der Waals surface area contributed by atoms with Crippen molar-refractivity contribution in [2.75, 3.05) is 13.4 Å². The number of hydrogen-bond donors (Lipinski definition) is 1. The predicted molar refractivity (Wildman–Crippen MR) is 137 cm³/mol. The number of benzene rings is 2. The molecule has 0 fully saturated rings. The number of carbonyl (C=O) groups is 2. The number of esters is 1. The second-order valence-corrected chi connectivity index (χ2v) is 9.31. The molecule has 3 heterocycles. The van der Waals surface area contributed by atoms with Gasteiger partial charge < -0.3 is 24.4 Å². The lowest BCUT2D eigenvalue weighted by Gasteiger charge is -2.36. The Hall–Kier alpha value is -4.05. The largest absolute Gasteiger partial charge is 0.458 e. The molecule has 3 aliphatic heterocycles. The molecule has 190 valence electrons. The highest BCUT2D eigenvalue weighted by molar-refractivity contribution is 8.16. The molecule has 0 aromatic heterocycles. The molecule has 5 rings (SSSR count). The van der Waals surface area contributed by atoms with E-state index >= 15 is 0 Å². The molecule has 8 nitrogen and oxygen atoms in total. The van der Waals surface area contributed by atoms with Crippen molar-refractivity contribution < 1.29 is 28.2 Å². The molecule has 0 unspecified atom stereocenters. The number of thioether (sulfide) groups is 1. The third-order valence-corrected chi connectivity index (χ3v) is 6.90. The van der Waals surface area contributed by atoms with Crippen LogP contribution in [0.15, 0.2) is 82.5 Å². The van der Waals surface area contributed by atoms with Gasteiger partial charge in [0.15, 0.2) is 16.7 Å². The van der Waals surface area contributed by atoms with Crippen molar-refractivity contribution in [1.82, 2.24) is 10.2 Å². The maximum atomic E-state index is 13.7. The fourth-order valence-corrected chi connectivity index (χ4v) is 5.25. The summed E-state index contributed by atoms with van der Waals surface area (Å²) in [6, 6.07) is 10.8. The van der Waals surface area contributed by atoms with Gasteiger partial charge in [0.2, 0.25) is 12.7 Å². The summed E-state index contributed by atoms with van der Waals surface area (Å²) in [4.78, 5) is 32.4. The maximum absolute atomic E-state index is 13.7. The van der Waals surface area contributed by atoms with Crippen molar-refractivity contribution in [1.29, 1.82) is 0 Å². The predicted octanol–water partition coefficient (Wildman–Crippen LogP) is 4.57. The summed E-state index contributed by atoms with van der Waals surface area (Å²) in [5, 5.41) is 5.41. The summed E-state index contributed by atoms with van der Waals surface area (Å²) < 4.78 is 29.8. The van der Waals surface area contributed by atoms with E-state index in [4.69, 9.17) is 14.2 Å². The van der Waals surface area contributed by atoms with Crippen LogP contribution in [0.3, 0.4) is 0 Å². The van der Waals surface area contributed by atoms with E-state index in [0.717, 1.165) is 5.56 Å². The number of hydrogen-bond acceptors (Lipinski definition) is 8. The molecule has 10 heteroatoms. The molecule has 0 bridgehead atoms. The van der Waals surface area contributed by atoms with Crippen LogP contribution in [0.2, 0.25) is 0 Å². The minimum absolute atomic E-state index is 0.0437. The quantitative estimate of drug-likeness (QED) is 0.402. The Morgan fingerprint density at radius 1 is 1.24 bits per heavy atom. The number of allylic oxidation sites excluding steroid dienone is 1. The van der Waals surface area contributed by atoms with Gasteiger partial charge >= 0.3 is 5.97 Å². The first-order chi connectivity index (χ1) is 17.9. The van der Waals surface area contributed by atoms with E-state index in [2.05, 4.69) is 16.9 Å². The zero-order valence-electron chi connectivity index (χ0n) is 20.0. The summed E-state index contributed by atoms with van der Waals surface area (Å²) in [7, 11) is 0. The molecule has 3 aliphatic rings. The van der Waals surface area contributed by atoms with Gasteiger partial charge in [-0.15, -0.1) is 0 Å². The number of nitrogens with zero attached hydrogens (tertiary/aromatic N) is 2. The summed E-state index contributed by atoms with van der Waals surface area (Å²) in [6.07, 6.45) is 1.54. The van der Waals surface area contributed by atoms with Gasteiger partial charge in [0.25, 0.3) is 0 Å². The van der Waals surface area contributed by atoms with Gasteiger partial charge in [0, 0.05) is 12.2 Å². The third-order valence-electron chi connectivity index (χ3n) is 6.01. The van der Waals surface area contributed by atoms with Crippen molar-refractivity contribution >= 4 is 28.8 Å². The normalized spacial score (nSPS) is 17.7. The summed E-state index contributed by atoms with van der Waals surface area (Å²) in [5.41, 5.74) is 3.05. The van der Waals surface area contributed by atoms with Gasteiger partial charge in [-0.2, -0.15) is 0 Å². The SMILES string of the molecule is C=CCOC(=O)C1=C(C)N=C2SC=C(CC(=O)NCc3ccc4c(c3)OCO4)N2[C@H]1c1ccc(F)cc1. The second-order valence-electron chi connectivity index (χ2n) is 8.47. The molecule has 0 saturated carbocycles. The fourth-order valence-electron chi connectivity index (χ4n) is 4.28. The Morgan fingerprint density at radius 2 is 2.03 bits per heavy atom. The van der Waals surface area contributed by atoms with Gasteiger partial charge in [0.1, 0.15) is 12.4 Å². The monoisotopic (exact) mass is 521 g/mol. The maximum Gasteiger partial charge on any atom is 0.338 e. The van der Waals surface area contributed by atoms with E-state index in [-0.39, 0.29) is 31.5 Å². The van der Waals surface area contributed by atoms with E-state index in [1.165, 1.54) is 30.0 Å². The second kappa shape index (κ2) is 10.5. The van der Waals surface area contributed by atoms with E-state index in [9.17, 15) is 14.0 Å². The number of carbonyl (C=O) groups excluding carboxylic acids is 2. The van der Waals surface area contributed by atoms with Crippen molar-refractivity contribution in [2.24, 2.45) is 4.99 Å². The van der Waals surface area contributed by atoms with Gasteiger partial charge in [-0.3, -0.25) is 4.79 Å². The highest BCUT2D eigenvalue weighted by Crippen LogP contribution is 2.44. The van der Waals surface area contributed by atoms with Crippen LogP contribution in [0.25, 0.3) is 0 Å². The number of ether oxygens (including phenoxy) is 3. The summed E-state index contributed by atoms with van der Waals surface area (Å²) in [6.45, 7) is 5.88. The Bertz CT molecular complexity index is 1350. The third kappa shape index (κ3) is 5.10. The molecule has 37 heavy (non-hydrogen) atoms. The molecule has 1 N–H and O–H groups in total. The van der Waals surface area contributed by atoms with E-state index in [1.807, 2.05) is 28.5 Å². The number of aliphatic imine (C=N–C) groups is 1. The smallest absolute Gasteiger partial charge is 0.338 e. The van der Waals surface area contributed by atoms with Crippen LogP contribution in [0.4, 0.5) is 4.39 Å². The minimum atomic E-state index is -0.631. The average Bonchev–Trinajstić information content (AvgIpc) is 3.52. The molecule has 1 amide bonds. The number of nitrogens with one attached hydrogen (secondary N) is 1. The first kappa shape index (κ1) is 24.6. The van der Waals surface area contributed by atoms with Crippen LogP contribution in [0.1, 0.15) is 30.5 Å². The number of halogens is 1. The van der Waals surface area contributed by atoms with Crippen LogP contribution in [0.5, 0.6) is 11.5 Å². The van der Waals surface area contributed by atoms with Crippen molar-refractivity contribution in [3.8, 4) is 11.5 Å². The van der Waals surface area contributed by atoms with E-state index in [0.29, 0.717) is 45.7 Å². The summed E-state index contributed by atoms with van der Waals surface area (Å²) in [5.74, 6) is 0.192. The van der Waals surface area contributed by atoms with Gasteiger partial charge in [-0.1, -0.05) is 42.6 Å². The molecule has 0 aliphatic carbocycles. The number of amides is 1. The molecule has 2 aromatic rings. The zero-order valence-corrected chi connectivity index (χ0v) is 20.8. The molecule has 2 aromatic carbocycles. The summed E-state index contributed by atoms with van der Waals surface area (Å²) >= 11 is 1.37. The van der Waals surface area contributed by atoms with Crippen LogP contribution in [-0.4, -0.2) is 35.3 Å². The fraction of sp³-hybridized carbons (Fsp3) is 0.222. The number of fused-ring (bicyclic) bond motifs is 2. The van der Waals surface area contributed by atoms with Gasteiger partial charge in [-0.05, 0) is 47.7 Å². The molecular weight excluding hydrogens is 497 g/mol. The Labute approximate surface area is 217 Å². The van der Waals surface area contributed by atoms with Gasteiger partial charge in [0.05, 0.1) is 23.7 Å². The Morgan fingerprint density at radius 3 is 2.81 bits per heavy atom. The molecule has 1 atom stereocenters. The van der Waals surface area contributed by atoms with Crippen LogP contribution in [0, 0.1) is 5.82 Å². The van der Waals surface area contributed by atoms with E-state index < -0.39 is 12.0 Å². The lowest BCUT2D eigenvalue weighted by atomic mass is 9.94. The minimum Gasteiger partial charge on any atom is -0.458 e. The van der Waals surface area contributed by atoms with Gasteiger partial charge in [-0.25, -0.2) is 14.2 Å². The first-order valence-corrected chi connectivity index (χ1v) is 12.5. The van der Waals surface area contributed by atoms with Crippen LogP contribution < -0.4 is 14.8 Å². The number of amidine groups is 1. The Balaban J connectivity index is 1.36. The molecule has 0 spiro atoms. The zero-order chi connectivity index (χ0) is 25.9. The van der Waals surface area contributed by atoms with Crippen molar-refractivity contribution in [2.45, 2.75) is 25.9 Å².